The molecule has 0 aliphatic carbocycles. The Kier molecular flexibility index (Phi) is 6.81. The third-order valence-electron chi connectivity index (χ3n) is 2.28. The predicted molar refractivity (Wildman–Crippen MR) is 80.3 cm³/mol. The minimum absolute atomic E-state index is 0.00179. The minimum Gasteiger partial charge on any atom is -0.487 e. The molecular formula is C13H18N2O3S. The normalized spacial score (nSPS) is 9.95. The van der Waals surface area contributed by atoms with Crippen molar-refractivity contribution < 1.29 is 9.66 Å². The minimum atomic E-state index is -0.412. The molecule has 0 radical (unpaired) electrons. The second-order valence-corrected chi connectivity index (χ2v) is 4.78. The third kappa shape index (κ3) is 4.82. The van der Waals surface area contributed by atoms with Gasteiger partial charge in [-0.25, -0.2) is 0 Å². The summed E-state index contributed by atoms with van der Waals surface area (Å²) in [5.41, 5.74) is 0.494. The fourth-order valence-electron chi connectivity index (χ4n) is 1.55. The Labute approximate surface area is 117 Å². The zero-order chi connectivity index (χ0) is 14.1. The predicted octanol–water partition coefficient (Wildman–Crippen LogP) is 3.32. The van der Waals surface area contributed by atoms with Gasteiger partial charge >= 0.3 is 5.69 Å². The van der Waals surface area contributed by atoms with Crippen molar-refractivity contribution in [1.82, 2.24) is 0 Å². The fraction of sp³-hybridized carbons (Fsp3) is 0.385. The number of nitrogens with one attached hydrogen (secondary N) is 1. The van der Waals surface area contributed by atoms with Crippen molar-refractivity contribution in [2.45, 2.75) is 6.92 Å². The van der Waals surface area contributed by atoms with Crippen molar-refractivity contribution in [2.24, 2.45) is 0 Å². The van der Waals surface area contributed by atoms with Crippen LogP contribution in [0, 0.1) is 10.1 Å². The number of para-hydroxylation sites is 1. The highest BCUT2D eigenvalue weighted by Gasteiger charge is 2.20. The zero-order valence-corrected chi connectivity index (χ0v) is 11.7. The molecule has 0 unspecified atom stereocenters. The van der Waals surface area contributed by atoms with Crippen molar-refractivity contribution in [2.75, 3.05) is 30.0 Å². The van der Waals surface area contributed by atoms with E-state index >= 15 is 0 Å². The summed E-state index contributed by atoms with van der Waals surface area (Å²) in [5, 5.41) is 14.2. The van der Waals surface area contributed by atoms with Crippen LogP contribution in [0.5, 0.6) is 5.75 Å². The quantitative estimate of drug-likeness (QED) is 0.326. The molecule has 0 atom stereocenters. The highest BCUT2D eigenvalue weighted by molar-refractivity contribution is 7.99. The van der Waals surface area contributed by atoms with Gasteiger partial charge in [0.15, 0.2) is 5.75 Å². The second kappa shape index (κ2) is 8.42. The van der Waals surface area contributed by atoms with Gasteiger partial charge in [0.05, 0.1) is 11.5 Å². The van der Waals surface area contributed by atoms with Gasteiger partial charge < -0.3 is 10.1 Å². The van der Waals surface area contributed by atoms with E-state index < -0.39 is 4.92 Å². The first kappa shape index (κ1) is 15.4. The maximum atomic E-state index is 11.1. The van der Waals surface area contributed by atoms with Crippen LogP contribution in [0.25, 0.3) is 0 Å². The molecule has 0 aliphatic rings. The molecule has 0 saturated heterocycles. The zero-order valence-electron chi connectivity index (χ0n) is 10.9. The van der Waals surface area contributed by atoms with Crippen LogP contribution in [0.15, 0.2) is 30.9 Å². The van der Waals surface area contributed by atoms with Gasteiger partial charge in [-0.15, -0.1) is 6.58 Å². The van der Waals surface area contributed by atoms with Gasteiger partial charge in [-0.3, -0.25) is 10.1 Å². The number of nitrogens with zero attached hydrogens (tertiary/aromatic N) is 1. The Bertz CT molecular complexity index is 438. The molecule has 0 spiro atoms. The molecule has 0 fully saturated rings. The Morgan fingerprint density at radius 3 is 3.00 bits per heavy atom. The van der Waals surface area contributed by atoms with Crippen LogP contribution in [0.1, 0.15) is 6.92 Å². The summed E-state index contributed by atoms with van der Waals surface area (Å²) in [6.45, 7) is 6.50. The number of nitro groups is 1. The van der Waals surface area contributed by atoms with Crippen molar-refractivity contribution in [3.8, 4) is 5.75 Å². The van der Waals surface area contributed by atoms with E-state index in [4.69, 9.17) is 4.74 Å². The van der Waals surface area contributed by atoms with E-state index in [1.165, 1.54) is 0 Å². The molecule has 19 heavy (non-hydrogen) atoms. The topological polar surface area (TPSA) is 64.4 Å². The molecule has 1 aromatic rings. The van der Waals surface area contributed by atoms with E-state index in [1.54, 1.807) is 36.9 Å². The first-order valence-corrected chi connectivity index (χ1v) is 7.18. The lowest BCUT2D eigenvalue weighted by atomic mass is 10.2. The number of hydrogen-bond donors (Lipinski definition) is 1. The largest absolute Gasteiger partial charge is 0.487 e. The van der Waals surface area contributed by atoms with Crippen LogP contribution in [-0.4, -0.2) is 29.6 Å². The van der Waals surface area contributed by atoms with Crippen LogP contribution in [0.2, 0.25) is 0 Å². The van der Waals surface area contributed by atoms with E-state index in [9.17, 15) is 10.1 Å². The highest BCUT2D eigenvalue weighted by atomic mass is 32.2. The van der Waals surface area contributed by atoms with Crippen LogP contribution < -0.4 is 10.1 Å². The van der Waals surface area contributed by atoms with Crippen LogP contribution in [0.4, 0.5) is 11.4 Å². The van der Waals surface area contributed by atoms with Gasteiger partial charge in [-0.05, 0) is 19.1 Å². The fourth-order valence-corrected chi connectivity index (χ4v) is 2.13. The molecule has 1 aromatic carbocycles. The number of ether oxygens (including phenoxy) is 1. The van der Waals surface area contributed by atoms with Crippen LogP contribution in [-0.2, 0) is 0 Å². The molecule has 0 amide bonds. The lowest BCUT2D eigenvalue weighted by molar-refractivity contribution is -0.384. The lowest BCUT2D eigenvalue weighted by Crippen LogP contribution is -2.07. The monoisotopic (exact) mass is 282 g/mol. The number of nitro benzene ring substituents is 1. The highest BCUT2D eigenvalue weighted by Crippen LogP contribution is 2.34. The number of anilines is 1. The Balaban J connectivity index is 2.73. The molecule has 5 nitrogen and oxygen atoms in total. The molecule has 104 valence electrons. The van der Waals surface area contributed by atoms with Crippen molar-refractivity contribution in [1.29, 1.82) is 0 Å². The lowest BCUT2D eigenvalue weighted by Gasteiger charge is -2.10. The molecule has 6 heteroatoms. The summed E-state index contributed by atoms with van der Waals surface area (Å²) in [6.07, 6.45) is 1.84. The van der Waals surface area contributed by atoms with E-state index in [0.29, 0.717) is 24.6 Å². The van der Waals surface area contributed by atoms with Crippen molar-refractivity contribution in [3.05, 3.63) is 41.0 Å². The van der Waals surface area contributed by atoms with Gasteiger partial charge in [-0.2, -0.15) is 11.8 Å². The maximum absolute atomic E-state index is 11.1. The van der Waals surface area contributed by atoms with E-state index in [-0.39, 0.29) is 5.69 Å². The van der Waals surface area contributed by atoms with E-state index in [2.05, 4.69) is 11.9 Å². The average Bonchev–Trinajstić information content (AvgIpc) is 2.38. The summed E-state index contributed by atoms with van der Waals surface area (Å²) in [5.74, 6) is 2.04. The van der Waals surface area contributed by atoms with Gasteiger partial charge in [-0.1, -0.05) is 12.1 Å². The molecule has 1 N–H and O–H groups in total. The summed E-state index contributed by atoms with van der Waals surface area (Å²) in [6, 6.07) is 5.05. The van der Waals surface area contributed by atoms with Gasteiger partial charge in [0, 0.05) is 18.1 Å². The Hall–Kier alpha value is -1.69. The summed E-state index contributed by atoms with van der Waals surface area (Å²) < 4.78 is 5.28. The maximum Gasteiger partial charge on any atom is 0.333 e. The molecule has 0 aliphatic heterocycles. The molecule has 1 rings (SSSR count). The van der Waals surface area contributed by atoms with Gasteiger partial charge in [0.25, 0.3) is 0 Å². The molecule has 0 saturated carbocycles. The van der Waals surface area contributed by atoms with E-state index in [0.717, 1.165) is 11.5 Å². The van der Waals surface area contributed by atoms with Gasteiger partial charge in [0.1, 0.15) is 5.69 Å². The standard InChI is InChI=1S/C13H18N2O3S/c1-3-9-19-10-8-14-11-6-5-7-12(18-4-2)13(11)15(16)17/h3,5-7,14H,1,4,8-10H2,2H3. The Morgan fingerprint density at radius 1 is 1.58 bits per heavy atom. The number of hydrogen-bond acceptors (Lipinski definition) is 5. The van der Waals surface area contributed by atoms with Crippen LogP contribution >= 0.6 is 11.8 Å². The third-order valence-corrected chi connectivity index (χ3v) is 3.24. The van der Waals surface area contributed by atoms with Crippen molar-refractivity contribution in [3.63, 3.8) is 0 Å². The second-order valence-electron chi connectivity index (χ2n) is 3.63. The molecule has 0 bridgehead atoms. The van der Waals surface area contributed by atoms with Gasteiger partial charge in [0.2, 0.25) is 0 Å². The molecular weight excluding hydrogens is 264 g/mol. The number of thioether (sulfide) groups is 1. The smallest absolute Gasteiger partial charge is 0.333 e. The van der Waals surface area contributed by atoms with Crippen molar-refractivity contribution >= 4 is 23.1 Å². The Morgan fingerprint density at radius 2 is 2.37 bits per heavy atom. The van der Waals surface area contributed by atoms with Crippen LogP contribution in [0.3, 0.4) is 0 Å². The average molecular weight is 282 g/mol. The number of benzene rings is 1. The molecule has 0 aromatic heterocycles. The number of rotatable bonds is 9. The summed E-state index contributed by atoms with van der Waals surface area (Å²) in [7, 11) is 0. The first-order valence-electron chi connectivity index (χ1n) is 6.03. The summed E-state index contributed by atoms with van der Waals surface area (Å²) in [4.78, 5) is 10.7. The summed E-state index contributed by atoms with van der Waals surface area (Å²) >= 11 is 1.72. The molecule has 0 heterocycles. The SMILES string of the molecule is C=CCSCCNc1cccc(OCC)c1[N+](=O)[O-]. The van der Waals surface area contributed by atoms with E-state index in [1.807, 2.05) is 6.08 Å². The first-order chi connectivity index (χ1) is 9.20.